The number of aromatic nitrogens is 3. The molecule has 1 aromatic carbocycles. The minimum atomic E-state index is -0.228. The molecule has 2 heterocycles. The quantitative estimate of drug-likeness (QED) is 0.413. The summed E-state index contributed by atoms with van der Waals surface area (Å²) in [6.07, 6.45) is 10.8. The number of anilines is 1. The predicted molar refractivity (Wildman–Crippen MR) is 114 cm³/mol. The molecule has 0 saturated carbocycles. The molecule has 28 heavy (non-hydrogen) atoms. The SMILES string of the molecule is C=C/C(=C\CCC)CC=O.CN(Cc1cnc[nH]1)c1nc2ccc(F)cc2s1. The lowest BCUT2D eigenvalue weighted by Crippen LogP contribution is -2.16. The van der Waals surface area contributed by atoms with Crippen LogP contribution in [0.2, 0.25) is 0 Å². The predicted octanol–water partition coefficient (Wildman–Crippen LogP) is 5.28. The van der Waals surface area contributed by atoms with Crippen molar-refractivity contribution in [1.29, 1.82) is 0 Å². The molecule has 0 unspecified atom stereocenters. The monoisotopic (exact) mass is 400 g/mol. The fraction of sp³-hybridized carbons (Fsp3) is 0.286. The number of benzene rings is 1. The van der Waals surface area contributed by atoms with Crippen molar-refractivity contribution < 1.29 is 9.18 Å². The molecule has 1 N–H and O–H groups in total. The van der Waals surface area contributed by atoms with Gasteiger partial charge >= 0.3 is 0 Å². The summed E-state index contributed by atoms with van der Waals surface area (Å²) >= 11 is 1.48. The molecule has 0 aliphatic heterocycles. The Hall–Kier alpha value is -2.80. The van der Waals surface area contributed by atoms with Gasteiger partial charge in [-0.05, 0) is 30.2 Å². The van der Waals surface area contributed by atoms with Crippen LogP contribution in [0.25, 0.3) is 10.2 Å². The van der Waals surface area contributed by atoms with Crippen LogP contribution in [-0.2, 0) is 11.3 Å². The third-order valence-electron chi connectivity index (χ3n) is 3.90. The van der Waals surface area contributed by atoms with Crippen molar-refractivity contribution >= 4 is 33.0 Å². The molecule has 0 spiro atoms. The van der Waals surface area contributed by atoms with Crippen LogP contribution in [-0.4, -0.2) is 28.3 Å². The first-order chi connectivity index (χ1) is 13.6. The smallest absolute Gasteiger partial charge is 0.186 e. The number of imidazole rings is 1. The summed E-state index contributed by atoms with van der Waals surface area (Å²) in [5.41, 5.74) is 2.88. The molecule has 148 valence electrons. The van der Waals surface area contributed by atoms with Gasteiger partial charge in [-0.3, -0.25) is 0 Å². The summed E-state index contributed by atoms with van der Waals surface area (Å²) < 4.78 is 14.0. The van der Waals surface area contributed by atoms with Crippen LogP contribution in [0.15, 0.2) is 55.0 Å². The molecule has 0 aliphatic carbocycles. The number of halogens is 1. The lowest BCUT2D eigenvalue weighted by Gasteiger charge is -2.13. The Morgan fingerprint density at radius 2 is 2.25 bits per heavy atom. The van der Waals surface area contributed by atoms with E-state index < -0.39 is 0 Å². The number of allylic oxidation sites excluding steroid dienone is 3. The summed E-state index contributed by atoms with van der Waals surface area (Å²) in [5.74, 6) is -0.228. The van der Waals surface area contributed by atoms with Gasteiger partial charge < -0.3 is 14.7 Å². The van der Waals surface area contributed by atoms with Crippen LogP contribution in [0.3, 0.4) is 0 Å². The molecule has 0 saturated heterocycles. The number of unbranched alkanes of at least 4 members (excludes halogenated alkanes) is 1. The Bertz CT molecular complexity index is 918. The molecule has 0 atom stereocenters. The number of fused-ring (bicyclic) bond motifs is 1. The fourth-order valence-electron chi connectivity index (χ4n) is 2.42. The van der Waals surface area contributed by atoms with Gasteiger partial charge in [-0.2, -0.15) is 0 Å². The van der Waals surface area contributed by atoms with Crippen LogP contribution < -0.4 is 4.90 Å². The van der Waals surface area contributed by atoms with Crippen LogP contribution in [0.4, 0.5) is 9.52 Å². The number of aldehydes is 1. The maximum atomic E-state index is 13.1. The van der Waals surface area contributed by atoms with E-state index in [4.69, 9.17) is 0 Å². The number of H-pyrrole nitrogens is 1. The summed E-state index contributed by atoms with van der Waals surface area (Å²) in [6.45, 7) is 6.41. The number of nitrogens with one attached hydrogen (secondary N) is 1. The van der Waals surface area contributed by atoms with Gasteiger partial charge in [0.25, 0.3) is 0 Å². The Morgan fingerprint density at radius 3 is 2.89 bits per heavy atom. The number of aromatic amines is 1. The van der Waals surface area contributed by atoms with Gasteiger partial charge in [0.15, 0.2) is 5.13 Å². The van der Waals surface area contributed by atoms with Crippen molar-refractivity contribution in [1.82, 2.24) is 15.0 Å². The van der Waals surface area contributed by atoms with Gasteiger partial charge in [0, 0.05) is 19.7 Å². The van der Waals surface area contributed by atoms with Gasteiger partial charge in [-0.25, -0.2) is 14.4 Å². The van der Waals surface area contributed by atoms with E-state index in [9.17, 15) is 9.18 Å². The fourth-order valence-corrected chi connectivity index (χ4v) is 3.37. The van der Waals surface area contributed by atoms with E-state index in [2.05, 4.69) is 34.5 Å². The molecule has 0 fully saturated rings. The summed E-state index contributed by atoms with van der Waals surface area (Å²) in [4.78, 5) is 23.6. The number of hydrogen-bond donors (Lipinski definition) is 1. The highest BCUT2D eigenvalue weighted by Crippen LogP contribution is 2.29. The van der Waals surface area contributed by atoms with Gasteiger partial charge in [0.2, 0.25) is 0 Å². The second-order valence-corrected chi connectivity index (χ2v) is 7.19. The average Bonchev–Trinajstić information content (AvgIpc) is 3.34. The number of thiazole rings is 1. The van der Waals surface area contributed by atoms with E-state index in [1.807, 2.05) is 11.9 Å². The van der Waals surface area contributed by atoms with Crippen molar-refractivity contribution in [3.05, 3.63) is 66.5 Å². The molecular formula is C21H25FN4OS. The number of carbonyl (C=O) groups excluding carboxylic acids is 1. The first-order valence-electron chi connectivity index (χ1n) is 9.07. The zero-order chi connectivity index (χ0) is 20.4. The molecule has 3 aromatic rings. The summed E-state index contributed by atoms with van der Waals surface area (Å²) in [6, 6.07) is 4.65. The third-order valence-corrected chi connectivity index (χ3v) is 5.04. The van der Waals surface area contributed by atoms with E-state index in [0.717, 1.165) is 45.7 Å². The van der Waals surface area contributed by atoms with E-state index in [1.165, 1.54) is 23.5 Å². The summed E-state index contributed by atoms with van der Waals surface area (Å²) in [7, 11) is 1.95. The second kappa shape index (κ2) is 11.1. The maximum absolute atomic E-state index is 13.1. The zero-order valence-electron chi connectivity index (χ0n) is 16.2. The zero-order valence-corrected chi connectivity index (χ0v) is 17.0. The number of rotatable bonds is 8. The Labute approximate surface area is 168 Å². The normalized spacial score (nSPS) is 11.0. The molecule has 2 aromatic heterocycles. The van der Waals surface area contributed by atoms with E-state index >= 15 is 0 Å². The minimum absolute atomic E-state index is 0.228. The third kappa shape index (κ3) is 6.42. The van der Waals surface area contributed by atoms with Gasteiger partial charge in [-0.15, -0.1) is 0 Å². The van der Waals surface area contributed by atoms with Crippen molar-refractivity contribution in [3.8, 4) is 0 Å². The Morgan fingerprint density at radius 1 is 1.43 bits per heavy atom. The molecule has 0 aliphatic rings. The molecular weight excluding hydrogens is 375 g/mol. The van der Waals surface area contributed by atoms with E-state index in [0.29, 0.717) is 13.0 Å². The highest BCUT2D eigenvalue weighted by molar-refractivity contribution is 7.22. The van der Waals surface area contributed by atoms with Crippen LogP contribution >= 0.6 is 11.3 Å². The first kappa shape index (κ1) is 21.5. The topological polar surface area (TPSA) is 61.9 Å². The number of nitrogens with zero attached hydrogens (tertiary/aromatic N) is 3. The largest absolute Gasteiger partial charge is 0.347 e. The lowest BCUT2D eigenvalue weighted by atomic mass is 10.1. The Balaban J connectivity index is 0.000000242. The van der Waals surface area contributed by atoms with E-state index in [1.54, 1.807) is 24.7 Å². The second-order valence-electron chi connectivity index (χ2n) is 6.18. The van der Waals surface area contributed by atoms with Crippen molar-refractivity contribution in [2.24, 2.45) is 0 Å². The number of hydrogen-bond acceptors (Lipinski definition) is 5. The highest BCUT2D eigenvalue weighted by atomic mass is 32.1. The van der Waals surface area contributed by atoms with Crippen molar-refractivity contribution in [2.45, 2.75) is 32.7 Å². The van der Waals surface area contributed by atoms with Gasteiger partial charge in [0.05, 0.1) is 28.8 Å². The molecule has 3 rings (SSSR count). The van der Waals surface area contributed by atoms with Crippen LogP contribution in [0, 0.1) is 5.82 Å². The maximum Gasteiger partial charge on any atom is 0.186 e. The molecule has 5 nitrogen and oxygen atoms in total. The molecule has 0 bridgehead atoms. The van der Waals surface area contributed by atoms with Crippen molar-refractivity contribution in [3.63, 3.8) is 0 Å². The van der Waals surface area contributed by atoms with Gasteiger partial charge in [0.1, 0.15) is 12.1 Å². The van der Waals surface area contributed by atoms with Crippen LogP contribution in [0.5, 0.6) is 0 Å². The lowest BCUT2D eigenvalue weighted by molar-refractivity contribution is -0.107. The molecule has 7 heteroatoms. The average molecular weight is 401 g/mol. The molecule has 0 radical (unpaired) electrons. The highest BCUT2D eigenvalue weighted by Gasteiger charge is 2.10. The number of carbonyl (C=O) groups is 1. The van der Waals surface area contributed by atoms with Crippen molar-refractivity contribution in [2.75, 3.05) is 11.9 Å². The standard InChI is InChI=1S/C12H11FN4S.C9H14O/c1-17(6-9-5-14-7-15-9)12-16-10-3-2-8(13)4-11(10)18-12;1-3-5-6-9(4-2)7-8-10/h2-5,7H,6H2,1H3,(H,14,15);4,6,8H,2-3,5,7H2,1H3/b;9-6+. The minimum Gasteiger partial charge on any atom is -0.347 e. The first-order valence-corrected chi connectivity index (χ1v) is 9.88. The van der Waals surface area contributed by atoms with E-state index in [-0.39, 0.29) is 5.82 Å². The van der Waals surface area contributed by atoms with Crippen LogP contribution in [0.1, 0.15) is 31.9 Å². The summed E-state index contributed by atoms with van der Waals surface area (Å²) in [5, 5.41) is 0.866. The van der Waals surface area contributed by atoms with Gasteiger partial charge in [-0.1, -0.05) is 43.4 Å². The molecule has 0 amide bonds. The Kier molecular flexibility index (Phi) is 8.55.